The average molecular weight is 250 g/mol. The van der Waals surface area contributed by atoms with Crippen LogP contribution in [0.4, 0.5) is 0 Å². The topological polar surface area (TPSA) is 43.4 Å². The van der Waals surface area contributed by atoms with E-state index in [2.05, 4.69) is 11.7 Å². The molecule has 1 aliphatic rings. The third-order valence-corrected chi connectivity index (χ3v) is 2.50. The molecule has 0 spiro atoms. The van der Waals surface area contributed by atoms with Gasteiger partial charge >= 0.3 is 63.3 Å². The third-order valence-electron chi connectivity index (χ3n) is 2.50. The third kappa shape index (κ3) is 6.30. The summed E-state index contributed by atoms with van der Waals surface area (Å²) in [5.74, 6) is -1.13. The van der Waals surface area contributed by atoms with Crippen molar-refractivity contribution in [3.63, 3.8) is 0 Å². The fourth-order valence-electron chi connectivity index (χ4n) is 1.59. The summed E-state index contributed by atoms with van der Waals surface area (Å²) >= 11 is 0. The van der Waals surface area contributed by atoms with Gasteiger partial charge in [-0.05, 0) is 12.8 Å². The molecular formula is C12H19KO3. The zero-order valence-corrected chi connectivity index (χ0v) is 13.3. The standard InChI is InChI=1S/C12H18O3.K.H/c1-2-3-4-5-6-7-8-10-9-11(13)15-12(10)14;;/h7-8,10H,2-6,9H2,1H3;;/q;+1;-1. The maximum Gasteiger partial charge on any atom is 1.00 e. The van der Waals surface area contributed by atoms with Crippen LogP contribution in [0.15, 0.2) is 12.2 Å². The first-order valence-corrected chi connectivity index (χ1v) is 5.65. The molecule has 0 aromatic heterocycles. The van der Waals surface area contributed by atoms with Crippen LogP contribution in [0, 0.1) is 5.92 Å². The Kier molecular flexibility index (Phi) is 9.84. The van der Waals surface area contributed by atoms with Crippen LogP contribution >= 0.6 is 0 Å². The minimum absolute atomic E-state index is 0. The fraction of sp³-hybridized carbons (Fsp3) is 0.667. The molecule has 0 N–H and O–H groups in total. The van der Waals surface area contributed by atoms with Gasteiger partial charge in [-0.2, -0.15) is 0 Å². The molecule has 86 valence electrons. The molecule has 16 heavy (non-hydrogen) atoms. The number of allylic oxidation sites excluding steroid dienone is 1. The maximum absolute atomic E-state index is 11.1. The Morgan fingerprint density at radius 1 is 1.38 bits per heavy atom. The molecule has 0 aromatic carbocycles. The molecule has 1 aliphatic heterocycles. The molecule has 0 amide bonds. The van der Waals surface area contributed by atoms with E-state index in [1.165, 1.54) is 19.3 Å². The molecule has 0 radical (unpaired) electrons. The van der Waals surface area contributed by atoms with Gasteiger partial charge in [0.2, 0.25) is 0 Å². The molecule has 1 unspecified atom stereocenters. The van der Waals surface area contributed by atoms with E-state index in [1.54, 1.807) is 6.08 Å². The molecule has 0 aliphatic carbocycles. The number of cyclic esters (lactones) is 2. The van der Waals surface area contributed by atoms with Crippen LogP contribution in [0.25, 0.3) is 0 Å². The largest absolute Gasteiger partial charge is 1.00 e. The van der Waals surface area contributed by atoms with Crippen molar-refractivity contribution < 1.29 is 67.1 Å². The molecule has 4 heteroatoms. The van der Waals surface area contributed by atoms with Crippen molar-refractivity contribution in [1.29, 1.82) is 0 Å². The first-order valence-electron chi connectivity index (χ1n) is 5.65. The van der Waals surface area contributed by atoms with Crippen molar-refractivity contribution in [2.75, 3.05) is 0 Å². The molecule has 1 heterocycles. The van der Waals surface area contributed by atoms with E-state index in [0.29, 0.717) is 0 Å². The molecule has 1 rings (SSSR count). The second-order valence-corrected chi connectivity index (χ2v) is 3.88. The number of esters is 2. The Morgan fingerprint density at radius 2 is 2.12 bits per heavy atom. The van der Waals surface area contributed by atoms with Crippen LogP contribution < -0.4 is 51.4 Å². The Hall–Kier alpha value is 0.516. The SMILES string of the molecule is CCCCCCC=CC1CC(=O)OC1=O.[H-].[K+]. The normalized spacial score (nSPS) is 19.9. The van der Waals surface area contributed by atoms with Gasteiger partial charge in [0.15, 0.2) is 0 Å². The maximum atomic E-state index is 11.1. The van der Waals surface area contributed by atoms with Crippen molar-refractivity contribution in [3.05, 3.63) is 12.2 Å². The van der Waals surface area contributed by atoms with Crippen LogP contribution in [-0.4, -0.2) is 11.9 Å². The number of unbranched alkanes of at least 4 members (excludes halogenated alkanes) is 4. The van der Waals surface area contributed by atoms with Crippen molar-refractivity contribution in [2.45, 2.75) is 45.4 Å². The summed E-state index contributed by atoms with van der Waals surface area (Å²) in [6.07, 6.45) is 9.86. The van der Waals surface area contributed by atoms with Gasteiger partial charge in [0, 0.05) is 0 Å². The molecule has 0 bridgehead atoms. The van der Waals surface area contributed by atoms with Crippen LogP contribution in [0.3, 0.4) is 0 Å². The van der Waals surface area contributed by atoms with Gasteiger partial charge < -0.3 is 6.16 Å². The van der Waals surface area contributed by atoms with E-state index in [4.69, 9.17) is 0 Å². The fourth-order valence-corrected chi connectivity index (χ4v) is 1.59. The molecule has 0 saturated carbocycles. The van der Waals surface area contributed by atoms with Gasteiger partial charge in [0.25, 0.3) is 0 Å². The van der Waals surface area contributed by atoms with Crippen LogP contribution in [0.5, 0.6) is 0 Å². The first-order chi connectivity index (χ1) is 7.24. The Balaban J connectivity index is 0. The molecule has 1 atom stereocenters. The molecule has 1 saturated heterocycles. The van der Waals surface area contributed by atoms with Crippen LogP contribution in [0.2, 0.25) is 0 Å². The van der Waals surface area contributed by atoms with Gasteiger partial charge in [0.1, 0.15) is 0 Å². The monoisotopic (exact) mass is 250 g/mol. The summed E-state index contributed by atoms with van der Waals surface area (Å²) in [6, 6.07) is 0. The van der Waals surface area contributed by atoms with E-state index in [0.717, 1.165) is 12.8 Å². The van der Waals surface area contributed by atoms with Gasteiger partial charge in [-0.3, -0.25) is 9.59 Å². The Morgan fingerprint density at radius 3 is 2.69 bits per heavy atom. The Bertz CT molecular complexity index is 266. The predicted octanol–water partition coefficient (Wildman–Crippen LogP) is -0.281. The summed E-state index contributed by atoms with van der Waals surface area (Å²) in [5, 5.41) is 0. The molecular weight excluding hydrogens is 231 g/mol. The molecule has 0 aromatic rings. The second-order valence-electron chi connectivity index (χ2n) is 3.88. The number of ether oxygens (including phenoxy) is 1. The number of rotatable bonds is 6. The summed E-state index contributed by atoms with van der Waals surface area (Å²) in [4.78, 5) is 21.8. The second kappa shape index (κ2) is 9.54. The van der Waals surface area contributed by atoms with Gasteiger partial charge in [-0.1, -0.05) is 38.3 Å². The van der Waals surface area contributed by atoms with Crippen LogP contribution in [-0.2, 0) is 14.3 Å². The quantitative estimate of drug-likeness (QED) is 0.214. The van der Waals surface area contributed by atoms with Crippen molar-refractivity contribution in [3.8, 4) is 0 Å². The number of carbonyl (C=O) groups is 2. The van der Waals surface area contributed by atoms with E-state index in [-0.39, 0.29) is 65.1 Å². The number of hydrogen-bond donors (Lipinski definition) is 0. The number of hydrogen-bond acceptors (Lipinski definition) is 3. The smallest absolute Gasteiger partial charge is 1.00 e. The van der Waals surface area contributed by atoms with E-state index >= 15 is 0 Å². The molecule has 3 nitrogen and oxygen atoms in total. The Labute approximate surface area is 141 Å². The number of carbonyl (C=O) groups excluding carboxylic acids is 2. The van der Waals surface area contributed by atoms with Crippen molar-refractivity contribution in [1.82, 2.24) is 0 Å². The van der Waals surface area contributed by atoms with Gasteiger partial charge in [0.05, 0.1) is 12.3 Å². The summed E-state index contributed by atoms with van der Waals surface area (Å²) in [7, 11) is 0. The summed E-state index contributed by atoms with van der Waals surface area (Å²) < 4.78 is 4.44. The van der Waals surface area contributed by atoms with Crippen molar-refractivity contribution >= 4 is 11.9 Å². The predicted molar refractivity (Wildman–Crippen MR) is 58.2 cm³/mol. The van der Waals surface area contributed by atoms with Crippen LogP contribution in [0.1, 0.15) is 46.9 Å². The zero-order chi connectivity index (χ0) is 11.1. The van der Waals surface area contributed by atoms with E-state index < -0.39 is 11.9 Å². The minimum Gasteiger partial charge on any atom is -1.00 e. The molecule has 1 fully saturated rings. The van der Waals surface area contributed by atoms with Gasteiger partial charge in [-0.15, -0.1) is 0 Å². The van der Waals surface area contributed by atoms with E-state index in [1.807, 2.05) is 6.08 Å². The van der Waals surface area contributed by atoms with E-state index in [9.17, 15) is 9.59 Å². The average Bonchev–Trinajstić information content (AvgIpc) is 2.51. The minimum atomic E-state index is -0.402. The first kappa shape index (κ1) is 16.5. The zero-order valence-electron chi connectivity index (χ0n) is 11.2. The summed E-state index contributed by atoms with van der Waals surface area (Å²) in [6.45, 7) is 2.18. The summed E-state index contributed by atoms with van der Waals surface area (Å²) in [5.41, 5.74) is 0. The van der Waals surface area contributed by atoms with Gasteiger partial charge in [-0.25, -0.2) is 0 Å². The van der Waals surface area contributed by atoms with Crippen molar-refractivity contribution in [2.24, 2.45) is 5.92 Å².